The molecule has 25 heavy (non-hydrogen) atoms. The number of aromatic nitrogens is 3. The van der Waals surface area contributed by atoms with E-state index in [1.807, 2.05) is 0 Å². The molecule has 0 amide bonds. The predicted molar refractivity (Wildman–Crippen MR) is 80.7 cm³/mol. The van der Waals surface area contributed by atoms with Gasteiger partial charge in [-0.2, -0.15) is 0 Å². The van der Waals surface area contributed by atoms with Crippen LogP contribution in [0.25, 0.3) is 10.8 Å². The van der Waals surface area contributed by atoms with Crippen molar-refractivity contribution in [1.29, 1.82) is 0 Å². The average molecular weight is 393 g/mol. The number of rotatable bonds is 4. The van der Waals surface area contributed by atoms with Crippen LogP contribution in [-0.2, 0) is 5.75 Å². The molecule has 0 saturated carbocycles. The second-order valence-corrected chi connectivity index (χ2v) is 6.99. The van der Waals surface area contributed by atoms with Crippen molar-refractivity contribution in [3.8, 4) is 10.8 Å². The molecular formula is C14H8F5N3OS2. The number of thioether (sulfide) groups is 1. The Morgan fingerprint density at radius 2 is 1.52 bits per heavy atom. The van der Waals surface area contributed by atoms with Crippen molar-refractivity contribution in [1.82, 2.24) is 15.2 Å². The third kappa shape index (κ3) is 3.25. The lowest BCUT2D eigenvalue weighted by atomic mass is 10.2. The molecule has 4 nitrogen and oxygen atoms in total. The Hall–Kier alpha value is -2.01. The second kappa shape index (κ2) is 6.71. The molecule has 3 rings (SSSR count). The molecule has 0 radical (unpaired) electrons. The molecule has 1 aromatic carbocycles. The molecule has 2 aromatic heterocycles. The minimum atomic E-state index is -2.19. The van der Waals surface area contributed by atoms with Crippen LogP contribution in [0.4, 0.5) is 22.0 Å². The highest BCUT2D eigenvalue weighted by atomic mass is 32.2. The van der Waals surface area contributed by atoms with Crippen LogP contribution >= 0.6 is 23.1 Å². The van der Waals surface area contributed by atoms with Gasteiger partial charge < -0.3 is 4.42 Å². The van der Waals surface area contributed by atoms with E-state index in [4.69, 9.17) is 4.42 Å². The van der Waals surface area contributed by atoms with Crippen LogP contribution < -0.4 is 0 Å². The Kier molecular flexibility index (Phi) is 4.78. The Labute approximate surface area is 146 Å². The van der Waals surface area contributed by atoms with Gasteiger partial charge in [-0.05, 0) is 13.8 Å². The van der Waals surface area contributed by atoms with Crippen LogP contribution in [0.5, 0.6) is 0 Å². The van der Waals surface area contributed by atoms with Gasteiger partial charge in [-0.3, -0.25) is 0 Å². The quantitative estimate of drug-likeness (QED) is 0.276. The summed E-state index contributed by atoms with van der Waals surface area (Å²) in [6, 6.07) is 0. The summed E-state index contributed by atoms with van der Waals surface area (Å²) < 4.78 is 72.0. The summed E-state index contributed by atoms with van der Waals surface area (Å²) in [5, 5.41) is 8.23. The van der Waals surface area contributed by atoms with Crippen molar-refractivity contribution in [2.75, 3.05) is 0 Å². The monoisotopic (exact) mass is 393 g/mol. The molecule has 0 unspecified atom stereocenters. The Morgan fingerprint density at radius 3 is 2.08 bits per heavy atom. The third-order valence-corrected chi connectivity index (χ3v) is 5.05. The largest absolute Gasteiger partial charge is 0.410 e. The molecule has 0 spiro atoms. The van der Waals surface area contributed by atoms with Gasteiger partial charge in [0.25, 0.3) is 11.1 Å². The predicted octanol–water partition coefficient (Wildman–Crippen LogP) is 4.80. The fraction of sp³-hybridized carbons (Fsp3) is 0.214. The molecule has 0 saturated heterocycles. The van der Waals surface area contributed by atoms with E-state index >= 15 is 0 Å². The van der Waals surface area contributed by atoms with E-state index in [0.29, 0.717) is 22.3 Å². The van der Waals surface area contributed by atoms with Crippen LogP contribution in [0, 0.1) is 42.9 Å². The first kappa shape index (κ1) is 17.8. The Morgan fingerprint density at radius 1 is 0.920 bits per heavy atom. The zero-order valence-electron chi connectivity index (χ0n) is 12.7. The molecule has 2 heterocycles. The first-order valence-electron chi connectivity index (χ1n) is 6.70. The van der Waals surface area contributed by atoms with E-state index in [1.54, 1.807) is 13.8 Å². The van der Waals surface area contributed by atoms with Crippen LogP contribution in [0.2, 0.25) is 0 Å². The maximum atomic E-state index is 13.6. The van der Waals surface area contributed by atoms with E-state index in [-0.39, 0.29) is 11.1 Å². The summed E-state index contributed by atoms with van der Waals surface area (Å²) in [6.45, 7) is 3.56. The molecule has 0 aliphatic heterocycles. The summed E-state index contributed by atoms with van der Waals surface area (Å²) >= 11 is 1.99. The van der Waals surface area contributed by atoms with Gasteiger partial charge in [0.05, 0.1) is 10.7 Å². The lowest BCUT2D eigenvalue weighted by Crippen LogP contribution is -2.06. The number of nitrogens with zero attached hydrogens (tertiary/aromatic N) is 3. The zero-order valence-corrected chi connectivity index (χ0v) is 14.3. The van der Waals surface area contributed by atoms with Gasteiger partial charge in [-0.1, -0.05) is 11.8 Å². The lowest BCUT2D eigenvalue weighted by molar-refractivity contribution is 0.372. The first-order valence-corrected chi connectivity index (χ1v) is 8.50. The molecule has 0 aliphatic rings. The number of halogens is 5. The van der Waals surface area contributed by atoms with Gasteiger partial charge in [0, 0.05) is 11.3 Å². The molecule has 0 bridgehead atoms. The Bertz CT molecular complexity index is 927. The standard InChI is InChI=1S/C14H8F5N3OS2/c1-4-12(25-5(2)20-4)13-21-22-14(23-13)24-3-6-7(15)9(17)11(19)10(18)8(6)16/h3H2,1-2H3. The number of aryl methyl sites for hydroxylation is 2. The van der Waals surface area contributed by atoms with E-state index in [0.717, 1.165) is 5.01 Å². The Balaban J connectivity index is 1.83. The van der Waals surface area contributed by atoms with E-state index in [2.05, 4.69) is 15.2 Å². The molecule has 0 atom stereocenters. The topological polar surface area (TPSA) is 51.8 Å². The summed E-state index contributed by atoms with van der Waals surface area (Å²) in [7, 11) is 0. The van der Waals surface area contributed by atoms with Crippen molar-refractivity contribution >= 4 is 23.1 Å². The molecular weight excluding hydrogens is 385 g/mol. The van der Waals surface area contributed by atoms with Crippen LogP contribution in [0.15, 0.2) is 9.64 Å². The van der Waals surface area contributed by atoms with Gasteiger partial charge in [0.1, 0.15) is 4.88 Å². The molecule has 11 heteroatoms. The number of benzene rings is 1. The normalized spacial score (nSPS) is 11.3. The second-order valence-electron chi connectivity index (χ2n) is 4.86. The highest BCUT2D eigenvalue weighted by molar-refractivity contribution is 7.98. The van der Waals surface area contributed by atoms with Crippen LogP contribution in [0.1, 0.15) is 16.3 Å². The minimum Gasteiger partial charge on any atom is -0.410 e. The molecule has 0 aliphatic carbocycles. The number of hydrogen-bond acceptors (Lipinski definition) is 6. The van der Waals surface area contributed by atoms with Crippen molar-refractivity contribution in [2.45, 2.75) is 24.8 Å². The number of hydrogen-bond donors (Lipinski definition) is 0. The number of thiazole rings is 1. The zero-order chi connectivity index (χ0) is 18.3. The van der Waals surface area contributed by atoms with Crippen molar-refractivity contribution in [2.24, 2.45) is 0 Å². The lowest BCUT2D eigenvalue weighted by Gasteiger charge is -2.06. The summed E-state index contributed by atoms with van der Waals surface area (Å²) in [4.78, 5) is 4.85. The fourth-order valence-electron chi connectivity index (χ4n) is 2.00. The molecule has 0 fully saturated rings. The van der Waals surface area contributed by atoms with Gasteiger partial charge in [0.2, 0.25) is 5.82 Å². The molecule has 0 N–H and O–H groups in total. The SMILES string of the molecule is Cc1nc(C)c(-c2nnc(SCc3c(F)c(F)c(F)c(F)c3F)o2)s1. The molecule has 3 aromatic rings. The average Bonchev–Trinajstić information content (AvgIpc) is 3.17. The van der Waals surface area contributed by atoms with Gasteiger partial charge >= 0.3 is 0 Å². The summed E-state index contributed by atoms with van der Waals surface area (Å²) in [5.74, 6) is -10.3. The van der Waals surface area contributed by atoms with Crippen molar-refractivity contribution < 1.29 is 26.4 Å². The molecule has 132 valence electrons. The highest BCUT2D eigenvalue weighted by Gasteiger charge is 2.26. The fourth-order valence-corrected chi connectivity index (χ4v) is 3.60. The van der Waals surface area contributed by atoms with E-state index in [1.165, 1.54) is 11.3 Å². The third-order valence-electron chi connectivity index (χ3n) is 3.14. The smallest absolute Gasteiger partial charge is 0.277 e. The van der Waals surface area contributed by atoms with Crippen molar-refractivity contribution in [3.63, 3.8) is 0 Å². The van der Waals surface area contributed by atoms with Gasteiger partial charge in [-0.25, -0.2) is 26.9 Å². The minimum absolute atomic E-state index is 0.0654. The maximum Gasteiger partial charge on any atom is 0.277 e. The summed E-state index contributed by atoms with van der Waals surface area (Å²) in [5.41, 5.74) is -0.270. The van der Waals surface area contributed by atoms with E-state index < -0.39 is 40.4 Å². The van der Waals surface area contributed by atoms with E-state index in [9.17, 15) is 22.0 Å². The van der Waals surface area contributed by atoms with Gasteiger partial charge in [0.15, 0.2) is 23.3 Å². The van der Waals surface area contributed by atoms with Crippen molar-refractivity contribution in [3.05, 3.63) is 45.4 Å². The highest BCUT2D eigenvalue weighted by Crippen LogP contribution is 2.33. The van der Waals surface area contributed by atoms with Gasteiger partial charge in [-0.15, -0.1) is 21.5 Å². The van der Waals surface area contributed by atoms with Crippen LogP contribution in [0.3, 0.4) is 0 Å². The maximum absolute atomic E-state index is 13.6. The van der Waals surface area contributed by atoms with Crippen LogP contribution in [-0.4, -0.2) is 15.2 Å². The summed E-state index contributed by atoms with van der Waals surface area (Å²) in [6.07, 6.45) is 0. The first-order chi connectivity index (χ1) is 11.8.